The van der Waals surface area contributed by atoms with Gasteiger partial charge in [0.15, 0.2) is 0 Å². The van der Waals surface area contributed by atoms with E-state index < -0.39 is 0 Å². The van der Waals surface area contributed by atoms with Gasteiger partial charge in [-0.25, -0.2) is 4.98 Å². The van der Waals surface area contributed by atoms with Crippen molar-refractivity contribution in [3.05, 3.63) is 54.1 Å². The van der Waals surface area contributed by atoms with Gasteiger partial charge in [0.25, 0.3) is 0 Å². The topological polar surface area (TPSA) is 17.8 Å². The number of rotatable bonds is 3. The van der Waals surface area contributed by atoms with Gasteiger partial charge in [-0.2, -0.15) is 0 Å². The van der Waals surface area contributed by atoms with Gasteiger partial charge < -0.3 is 4.57 Å². The number of benzene rings is 1. The highest BCUT2D eigenvalue weighted by atomic mass is 79.9. The summed E-state index contributed by atoms with van der Waals surface area (Å²) < 4.78 is 2.16. The summed E-state index contributed by atoms with van der Waals surface area (Å²) in [6, 6.07) is 10.4. The molecule has 0 saturated heterocycles. The van der Waals surface area contributed by atoms with Crippen molar-refractivity contribution in [3.8, 4) is 0 Å². The molecule has 1 unspecified atom stereocenters. The molecule has 0 aliphatic rings. The van der Waals surface area contributed by atoms with Crippen LogP contribution in [0.4, 0.5) is 0 Å². The summed E-state index contributed by atoms with van der Waals surface area (Å²) in [6.45, 7) is 2.97. The SMILES string of the molecule is CC(Br)c1nccn1Cc1ccccc1. The summed E-state index contributed by atoms with van der Waals surface area (Å²) in [4.78, 5) is 4.62. The summed E-state index contributed by atoms with van der Waals surface area (Å²) in [6.07, 6.45) is 3.86. The first-order chi connectivity index (χ1) is 7.27. The zero-order valence-corrected chi connectivity index (χ0v) is 10.2. The number of alkyl halides is 1. The summed E-state index contributed by atoms with van der Waals surface area (Å²) in [5, 5.41) is 0. The van der Waals surface area contributed by atoms with E-state index in [0.29, 0.717) is 0 Å². The number of nitrogens with zero attached hydrogens (tertiary/aromatic N) is 2. The summed E-state index contributed by atoms with van der Waals surface area (Å²) in [7, 11) is 0. The molecule has 0 amide bonds. The van der Waals surface area contributed by atoms with E-state index >= 15 is 0 Å². The molecule has 1 atom stereocenters. The molecule has 78 valence electrons. The predicted octanol–water partition coefficient (Wildman–Crippen LogP) is 3.39. The Bertz CT molecular complexity index is 420. The zero-order chi connectivity index (χ0) is 10.7. The third-order valence-corrected chi connectivity index (χ3v) is 2.71. The standard InChI is InChI=1S/C12H13BrN2/c1-10(13)12-14-7-8-15(12)9-11-5-3-2-4-6-11/h2-8,10H,9H2,1H3. The monoisotopic (exact) mass is 264 g/mol. The van der Waals surface area contributed by atoms with Gasteiger partial charge in [-0.3, -0.25) is 0 Å². The molecule has 0 bridgehead atoms. The van der Waals surface area contributed by atoms with Crippen molar-refractivity contribution in [1.82, 2.24) is 9.55 Å². The highest BCUT2D eigenvalue weighted by molar-refractivity contribution is 9.09. The van der Waals surface area contributed by atoms with Crippen LogP contribution in [0.1, 0.15) is 23.1 Å². The average molecular weight is 265 g/mol. The van der Waals surface area contributed by atoms with Crippen LogP contribution in [0, 0.1) is 0 Å². The van der Waals surface area contributed by atoms with Gasteiger partial charge >= 0.3 is 0 Å². The minimum absolute atomic E-state index is 0.288. The largest absolute Gasteiger partial charge is 0.330 e. The van der Waals surface area contributed by atoms with E-state index in [0.717, 1.165) is 12.4 Å². The van der Waals surface area contributed by atoms with Crippen molar-refractivity contribution < 1.29 is 0 Å². The highest BCUT2D eigenvalue weighted by Crippen LogP contribution is 2.20. The fourth-order valence-corrected chi connectivity index (χ4v) is 1.97. The van der Waals surface area contributed by atoms with Crippen LogP contribution in [0.5, 0.6) is 0 Å². The molecule has 3 heteroatoms. The Morgan fingerprint density at radius 1 is 1.33 bits per heavy atom. The van der Waals surface area contributed by atoms with Gasteiger partial charge in [0.05, 0.1) is 4.83 Å². The number of hydrogen-bond donors (Lipinski definition) is 0. The van der Waals surface area contributed by atoms with Crippen molar-refractivity contribution in [2.75, 3.05) is 0 Å². The molecule has 0 N–H and O–H groups in total. The first kappa shape index (κ1) is 10.4. The summed E-state index contributed by atoms with van der Waals surface area (Å²) in [5.74, 6) is 1.07. The third-order valence-electron chi connectivity index (χ3n) is 2.30. The van der Waals surface area contributed by atoms with Crippen molar-refractivity contribution in [3.63, 3.8) is 0 Å². The van der Waals surface area contributed by atoms with Crippen molar-refractivity contribution >= 4 is 15.9 Å². The van der Waals surface area contributed by atoms with E-state index in [2.05, 4.69) is 56.7 Å². The lowest BCUT2D eigenvalue weighted by Gasteiger charge is -2.09. The first-order valence-corrected chi connectivity index (χ1v) is 5.88. The fourth-order valence-electron chi connectivity index (χ4n) is 1.59. The van der Waals surface area contributed by atoms with Crippen molar-refractivity contribution in [2.45, 2.75) is 18.3 Å². The summed E-state index contributed by atoms with van der Waals surface area (Å²) in [5.41, 5.74) is 1.30. The molecule has 1 heterocycles. The third kappa shape index (κ3) is 2.48. The van der Waals surface area contributed by atoms with Crippen LogP contribution in [0.2, 0.25) is 0 Å². The molecule has 2 aromatic rings. The van der Waals surface area contributed by atoms with Crippen molar-refractivity contribution in [2.24, 2.45) is 0 Å². The fraction of sp³-hybridized carbons (Fsp3) is 0.250. The van der Waals surface area contributed by atoms with E-state index in [4.69, 9.17) is 0 Å². The maximum atomic E-state index is 4.33. The number of imidazole rings is 1. The maximum Gasteiger partial charge on any atom is 0.122 e. The Labute approximate surface area is 98.1 Å². The lowest BCUT2D eigenvalue weighted by Crippen LogP contribution is -2.04. The van der Waals surface area contributed by atoms with Crippen LogP contribution in [0.15, 0.2) is 42.7 Å². The quantitative estimate of drug-likeness (QED) is 0.778. The molecule has 0 fully saturated rings. The maximum absolute atomic E-state index is 4.33. The number of halogens is 1. The predicted molar refractivity (Wildman–Crippen MR) is 65.1 cm³/mol. The number of aromatic nitrogens is 2. The lowest BCUT2D eigenvalue weighted by molar-refractivity contribution is 0.730. The van der Waals surface area contributed by atoms with Gasteiger partial charge in [0.2, 0.25) is 0 Å². The first-order valence-electron chi connectivity index (χ1n) is 4.96. The molecule has 2 nitrogen and oxygen atoms in total. The average Bonchev–Trinajstić information content (AvgIpc) is 2.67. The van der Waals surface area contributed by atoms with Crippen LogP contribution in [0.25, 0.3) is 0 Å². The molecule has 0 aliphatic carbocycles. The van der Waals surface area contributed by atoms with Crippen LogP contribution < -0.4 is 0 Å². The smallest absolute Gasteiger partial charge is 0.122 e. The molecule has 0 radical (unpaired) electrons. The molecule has 0 spiro atoms. The normalized spacial score (nSPS) is 12.7. The summed E-state index contributed by atoms with van der Waals surface area (Å²) >= 11 is 3.54. The second-order valence-electron chi connectivity index (χ2n) is 3.51. The Hall–Kier alpha value is -1.09. The minimum atomic E-state index is 0.288. The van der Waals surface area contributed by atoms with Gasteiger partial charge in [-0.1, -0.05) is 46.3 Å². The molecule has 2 rings (SSSR count). The van der Waals surface area contributed by atoms with Crippen LogP contribution >= 0.6 is 15.9 Å². The van der Waals surface area contributed by atoms with Crippen molar-refractivity contribution in [1.29, 1.82) is 0 Å². The van der Waals surface area contributed by atoms with Gasteiger partial charge in [-0.15, -0.1) is 0 Å². The Kier molecular flexibility index (Phi) is 3.21. The van der Waals surface area contributed by atoms with E-state index in [1.54, 1.807) is 0 Å². The second-order valence-corrected chi connectivity index (χ2v) is 4.89. The second kappa shape index (κ2) is 4.62. The molecular weight excluding hydrogens is 252 g/mol. The van der Waals surface area contributed by atoms with Gasteiger partial charge in [0.1, 0.15) is 5.82 Å². The van der Waals surface area contributed by atoms with Gasteiger partial charge in [-0.05, 0) is 12.5 Å². The van der Waals surface area contributed by atoms with E-state index in [-0.39, 0.29) is 4.83 Å². The van der Waals surface area contributed by atoms with E-state index in [9.17, 15) is 0 Å². The Balaban J connectivity index is 2.21. The lowest BCUT2D eigenvalue weighted by atomic mass is 10.2. The van der Waals surface area contributed by atoms with E-state index in [1.165, 1.54) is 5.56 Å². The highest BCUT2D eigenvalue weighted by Gasteiger charge is 2.08. The molecule has 0 saturated carbocycles. The van der Waals surface area contributed by atoms with Crippen LogP contribution in [0.3, 0.4) is 0 Å². The molecule has 1 aromatic carbocycles. The van der Waals surface area contributed by atoms with Gasteiger partial charge in [0, 0.05) is 18.9 Å². The Morgan fingerprint density at radius 3 is 2.73 bits per heavy atom. The Morgan fingerprint density at radius 2 is 2.07 bits per heavy atom. The molecule has 1 aromatic heterocycles. The van der Waals surface area contributed by atoms with Crippen LogP contribution in [-0.2, 0) is 6.54 Å². The minimum Gasteiger partial charge on any atom is -0.330 e. The molecule has 0 aliphatic heterocycles. The molecular formula is C12H13BrN2. The van der Waals surface area contributed by atoms with Crippen LogP contribution in [-0.4, -0.2) is 9.55 Å². The molecule has 15 heavy (non-hydrogen) atoms. The number of hydrogen-bond acceptors (Lipinski definition) is 1. The zero-order valence-electron chi connectivity index (χ0n) is 8.60. The van der Waals surface area contributed by atoms with E-state index in [1.807, 2.05) is 18.5 Å².